The smallest absolute Gasteiger partial charge is 0.174 e. The molecule has 33 heavy (non-hydrogen) atoms. The molecule has 0 aliphatic heterocycles. The molecule has 0 amide bonds. The first-order valence-corrected chi connectivity index (χ1v) is 11.5. The summed E-state index contributed by atoms with van der Waals surface area (Å²) in [7, 11) is 0. The minimum atomic E-state index is -0.189. The third-order valence-corrected chi connectivity index (χ3v) is 6.15. The van der Waals surface area contributed by atoms with Gasteiger partial charge >= 0.3 is 0 Å². The average molecular weight is 458 g/mol. The Labute approximate surface area is 200 Å². The Morgan fingerprint density at radius 1 is 0.848 bits per heavy atom. The van der Waals surface area contributed by atoms with Crippen molar-refractivity contribution in [3.63, 3.8) is 0 Å². The van der Waals surface area contributed by atoms with Crippen molar-refractivity contribution in [3.05, 3.63) is 125 Å². The molecule has 0 unspecified atom stereocenters. The number of thiocarbonyl (C=S) groups is 1. The van der Waals surface area contributed by atoms with Gasteiger partial charge in [0.1, 0.15) is 5.82 Å². The number of rotatable bonds is 7. The van der Waals surface area contributed by atoms with Gasteiger partial charge in [-0.15, -0.1) is 0 Å². The van der Waals surface area contributed by atoms with Gasteiger partial charge in [-0.3, -0.25) is 0 Å². The quantitative estimate of drug-likeness (QED) is 0.312. The lowest BCUT2D eigenvalue weighted by molar-refractivity contribution is 0.399. The predicted octanol–water partition coefficient (Wildman–Crippen LogP) is 6.69. The van der Waals surface area contributed by atoms with E-state index in [1.165, 1.54) is 11.6 Å². The highest BCUT2D eigenvalue weighted by atomic mass is 32.1. The van der Waals surface area contributed by atoms with Crippen molar-refractivity contribution < 1.29 is 4.39 Å². The molecule has 0 aliphatic carbocycles. The van der Waals surface area contributed by atoms with Gasteiger partial charge < -0.3 is 14.8 Å². The second kappa shape index (κ2) is 10.5. The van der Waals surface area contributed by atoms with Crippen molar-refractivity contribution in [2.75, 3.05) is 5.32 Å². The summed E-state index contributed by atoms with van der Waals surface area (Å²) in [5.41, 5.74) is 6.26. The molecule has 0 bridgehead atoms. The predicted molar refractivity (Wildman–Crippen MR) is 138 cm³/mol. The molecule has 0 atom stereocenters. The molecule has 168 valence electrons. The van der Waals surface area contributed by atoms with E-state index in [9.17, 15) is 4.39 Å². The van der Waals surface area contributed by atoms with Crippen LogP contribution in [0, 0.1) is 19.7 Å². The molecule has 1 heterocycles. The van der Waals surface area contributed by atoms with E-state index in [1.54, 1.807) is 6.07 Å². The summed E-state index contributed by atoms with van der Waals surface area (Å²) < 4.78 is 16.3. The lowest BCUT2D eigenvalue weighted by Gasteiger charge is -2.28. The summed E-state index contributed by atoms with van der Waals surface area (Å²) >= 11 is 5.89. The fourth-order valence-corrected chi connectivity index (χ4v) is 4.19. The maximum Gasteiger partial charge on any atom is 0.174 e. The van der Waals surface area contributed by atoms with Crippen LogP contribution in [0.15, 0.2) is 91.1 Å². The second-order valence-corrected chi connectivity index (χ2v) is 8.64. The Bertz CT molecular complexity index is 1210. The van der Waals surface area contributed by atoms with Crippen molar-refractivity contribution >= 4 is 23.0 Å². The minimum absolute atomic E-state index is 0.189. The van der Waals surface area contributed by atoms with Crippen molar-refractivity contribution in [1.82, 2.24) is 9.47 Å². The molecule has 0 spiro atoms. The van der Waals surface area contributed by atoms with Crippen LogP contribution in [-0.2, 0) is 19.6 Å². The summed E-state index contributed by atoms with van der Waals surface area (Å²) in [4.78, 5) is 2.16. The maximum atomic E-state index is 14.3. The molecule has 4 aromatic rings. The highest BCUT2D eigenvalue weighted by molar-refractivity contribution is 7.80. The van der Waals surface area contributed by atoms with Gasteiger partial charge in [-0.25, -0.2) is 4.39 Å². The molecule has 5 heteroatoms. The Morgan fingerprint density at radius 2 is 1.55 bits per heavy atom. The number of aryl methyl sites for hydroxylation is 2. The van der Waals surface area contributed by atoms with Crippen LogP contribution in [0.1, 0.15) is 27.9 Å². The molecule has 0 radical (unpaired) electrons. The van der Waals surface area contributed by atoms with Gasteiger partial charge in [0.05, 0.1) is 13.1 Å². The molecule has 0 aliphatic rings. The molecule has 0 saturated heterocycles. The first-order chi connectivity index (χ1) is 16.0. The molecule has 3 aromatic carbocycles. The van der Waals surface area contributed by atoms with E-state index in [2.05, 4.69) is 65.0 Å². The van der Waals surface area contributed by atoms with Crippen molar-refractivity contribution in [3.8, 4) is 0 Å². The number of nitrogens with zero attached hydrogens (tertiary/aromatic N) is 2. The number of anilines is 1. The largest absolute Gasteiger partial charge is 0.345 e. The average Bonchev–Trinajstić information content (AvgIpc) is 3.24. The first kappa shape index (κ1) is 22.7. The van der Waals surface area contributed by atoms with Gasteiger partial charge in [0.15, 0.2) is 5.11 Å². The number of hydrogen-bond donors (Lipinski definition) is 1. The van der Waals surface area contributed by atoms with Crippen LogP contribution < -0.4 is 5.32 Å². The highest BCUT2D eigenvalue weighted by Gasteiger charge is 2.16. The topological polar surface area (TPSA) is 20.2 Å². The third kappa shape index (κ3) is 5.68. The molecule has 0 saturated carbocycles. The minimum Gasteiger partial charge on any atom is -0.345 e. The third-order valence-electron chi connectivity index (χ3n) is 5.79. The summed E-state index contributed by atoms with van der Waals surface area (Å²) in [5.74, 6) is -0.189. The Kier molecular flexibility index (Phi) is 7.20. The summed E-state index contributed by atoms with van der Waals surface area (Å²) in [6.07, 6.45) is 1.99. The number of benzene rings is 3. The fourth-order valence-electron chi connectivity index (χ4n) is 3.95. The Hall–Kier alpha value is -3.44. The zero-order valence-electron chi connectivity index (χ0n) is 19.0. The van der Waals surface area contributed by atoms with Gasteiger partial charge in [-0.2, -0.15) is 0 Å². The van der Waals surface area contributed by atoms with Crippen LogP contribution in [0.2, 0.25) is 0 Å². The molecule has 1 N–H and O–H groups in total. The van der Waals surface area contributed by atoms with Crippen LogP contribution in [0.4, 0.5) is 10.1 Å². The van der Waals surface area contributed by atoms with Crippen LogP contribution in [0.25, 0.3) is 0 Å². The molecular formula is C28H28FN3S. The summed E-state index contributed by atoms with van der Waals surface area (Å²) in [5, 5.41) is 4.14. The van der Waals surface area contributed by atoms with E-state index in [-0.39, 0.29) is 5.82 Å². The van der Waals surface area contributed by atoms with Gasteiger partial charge in [0.25, 0.3) is 0 Å². The van der Waals surface area contributed by atoms with Crippen LogP contribution in [0.3, 0.4) is 0 Å². The molecular weight excluding hydrogens is 429 g/mol. The molecule has 3 nitrogen and oxygen atoms in total. The van der Waals surface area contributed by atoms with Gasteiger partial charge in [0, 0.05) is 29.7 Å². The Balaban J connectivity index is 1.59. The summed E-state index contributed by atoms with van der Waals surface area (Å²) in [6.45, 7) is 5.92. The monoisotopic (exact) mass is 457 g/mol. The number of nitrogens with one attached hydrogen (secondary N) is 1. The maximum absolute atomic E-state index is 14.3. The number of aromatic nitrogens is 1. The van der Waals surface area contributed by atoms with Crippen LogP contribution in [-0.4, -0.2) is 14.6 Å². The number of halogens is 1. The van der Waals surface area contributed by atoms with E-state index in [1.807, 2.05) is 42.6 Å². The Morgan fingerprint density at radius 3 is 2.27 bits per heavy atom. The van der Waals surface area contributed by atoms with E-state index in [0.29, 0.717) is 30.3 Å². The van der Waals surface area contributed by atoms with Crippen LogP contribution >= 0.6 is 12.2 Å². The van der Waals surface area contributed by atoms with Crippen molar-refractivity contribution in [2.45, 2.75) is 33.5 Å². The van der Waals surface area contributed by atoms with Crippen molar-refractivity contribution in [1.29, 1.82) is 0 Å². The van der Waals surface area contributed by atoms with Gasteiger partial charge in [-0.05, 0) is 61.0 Å². The lowest BCUT2D eigenvalue weighted by Crippen LogP contribution is -2.35. The SMILES string of the molecule is Cc1cccc(C)c1NC(=S)N(Cc1ccccc1)Cc1cccn1Cc1ccccc1F. The van der Waals surface area contributed by atoms with E-state index >= 15 is 0 Å². The van der Waals surface area contributed by atoms with E-state index < -0.39 is 0 Å². The molecule has 1 aromatic heterocycles. The zero-order valence-corrected chi connectivity index (χ0v) is 19.8. The summed E-state index contributed by atoms with van der Waals surface area (Å²) in [6, 6.07) is 27.5. The molecule has 0 fully saturated rings. The fraction of sp³-hybridized carbons (Fsp3) is 0.179. The van der Waals surface area contributed by atoms with Crippen molar-refractivity contribution in [2.24, 2.45) is 0 Å². The highest BCUT2D eigenvalue weighted by Crippen LogP contribution is 2.22. The van der Waals surface area contributed by atoms with Gasteiger partial charge in [-0.1, -0.05) is 66.7 Å². The normalized spacial score (nSPS) is 10.8. The van der Waals surface area contributed by atoms with Gasteiger partial charge in [0.2, 0.25) is 0 Å². The first-order valence-electron chi connectivity index (χ1n) is 11.0. The lowest BCUT2D eigenvalue weighted by atomic mass is 10.1. The second-order valence-electron chi connectivity index (χ2n) is 8.26. The number of para-hydroxylation sites is 1. The number of hydrogen-bond acceptors (Lipinski definition) is 1. The van der Waals surface area contributed by atoms with E-state index in [4.69, 9.17) is 12.2 Å². The van der Waals surface area contributed by atoms with Crippen LogP contribution in [0.5, 0.6) is 0 Å². The van der Waals surface area contributed by atoms with E-state index in [0.717, 1.165) is 22.5 Å². The standard InChI is InChI=1S/C28H28FN3S/c1-21-10-8-11-22(2)27(21)30-28(33)32(18-23-12-4-3-5-13-23)20-25-15-9-17-31(25)19-24-14-6-7-16-26(24)29/h3-17H,18-20H2,1-2H3,(H,30,33). The zero-order chi connectivity index (χ0) is 23.2. The molecule has 4 rings (SSSR count).